The fourth-order valence-corrected chi connectivity index (χ4v) is 2.25. The Morgan fingerprint density at radius 1 is 1.06 bits per heavy atom. The van der Waals surface area contributed by atoms with Crippen LogP contribution in [0.15, 0.2) is 54.6 Å². The Hall–Kier alpha value is -3.09. The van der Waals surface area contributed by atoms with Gasteiger partial charge < -0.3 is 20.3 Å². The lowest BCUT2D eigenvalue weighted by atomic mass is 10.1. The zero-order chi connectivity index (χ0) is 23.9. The van der Waals surface area contributed by atoms with E-state index in [1.165, 1.54) is 6.08 Å². The van der Waals surface area contributed by atoms with Gasteiger partial charge in [-0.3, -0.25) is 9.59 Å². The lowest BCUT2D eigenvalue weighted by Gasteiger charge is -2.22. The molecule has 172 valence electrons. The summed E-state index contributed by atoms with van der Waals surface area (Å²) < 4.78 is 5.23. The number of aliphatic carboxylic acids is 2. The van der Waals surface area contributed by atoms with Gasteiger partial charge in [0.15, 0.2) is 0 Å². The third kappa shape index (κ3) is 16.4. The molecule has 0 aliphatic heterocycles. The first-order chi connectivity index (χ1) is 14.4. The third-order valence-electron chi connectivity index (χ3n) is 3.71. The summed E-state index contributed by atoms with van der Waals surface area (Å²) in [6.45, 7) is 9.01. The predicted molar refractivity (Wildman–Crippen MR) is 121 cm³/mol. The van der Waals surface area contributed by atoms with Gasteiger partial charge in [-0.15, -0.1) is 0 Å². The van der Waals surface area contributed by atoms with E-state index in [1.807, 2.05) is 43.3 Å². The Bertz CT molecular complexity index is 734. The van der Waals surface area contributed by atoms with Crippen molar-refractivity contribution in [2.24, 2.45) is 5.92 Å². The SMILES string of the molecule is CC(C)(C)OC(=O)NC(/C=C/CC(=O)O)Cc1ccccc1.CC/C=C/C(C)C(=O)O. The van der Waals surface area contributed by atoms with Crippen molar-refractivity contribution in [2.45, 2.75) is 65.5 Å². The Balaban J connectivity index is 0.000000842. The molecule has 0 aromatic heterocycles. The van der Waals surface area contributed by atoms with E-state index in [4.69, 9.17) is 14.9 Å². The molecule has 0 bridgehead atoms. The van der Waals surface area contributed by atoms with Gasteiger partial charge in [-0.05, 0) is 46.1 Å². The van der Waals surface area contributed by atoms with Crippen LogP contribution in [0, 0.1) is 5.92 Å². The molecule has 0 radical (unpaired) electrons. The maximum atomic E-state index is 11.9. The number of alkyl carbamates (subject to hydrolysis) is 1. The highest BCUT2D eigenvalue weighted by Gasteiger charge is 2.18. The smallest absolute Gasteiger partial charge is 0.408 e. The standard InChI is InChI=1S/C17H23NO4.C7H12O2/c1-17(2,3)22-16(21)18-14(10-7-11-15(19)20)12-13-8-5-4-6-9-13;1-3-4-5-6(2)7(8)9/h4-10,14H,11-12H2,1-3H3,(H,18,21)(H,19,20);4-6H,3H2,1-2H3,(H,8,9)/b10-7+;5-4+. The molecule has 1 rings (SSSR count). The van der Waals surface area contributed by atoms with Gasteiger partial charge in [0.2, 0.25) is 0 Å². The molecule has 2 unspecified atom stereocenters. The topological polar surface area (TPSA) is 113 Å². The average molecular weight is 434 g/mol. The summed E-state index contributed by atoms with van der Waals surface area (Å²) in [5.74, 6) is -2.02. The van der Waals surface area contributed by atoms with Gasteiger partial charge >= 0.3 is 18.0 Å². The second-order valence-electron chi connectivity index (χ2n) is 7.93. The maximum Gasteiger partial charge on any atom is 0.408 e. The van der Waals surface area contributed by atoms with Crippen LogP contribution in [0.4, 0.5) is 4.79 Å². The van der Waals surface area contributed by atoms with E-state index in [2.05, 4.69) is 5.32 Å². The second-order valence-corrected chi connectivity index (χ2v) is 7.93. The summed E-state index contributed by atoms with van der Waals surface area (Å²) in [6.07, 6.45) is 7.64. The Morgan fingerprint density at radius 3 is 2.16 bits per heavy atom. The first kappa shape index (κ1) is 27.9. The van der Waals surface area contributed by atoms with Gasteiger partial charge in [-0.25, -0.2) is 4.79 Å². The lowest BCUT2D eigenvalue weighted by Crippen LogP contribution is -2.39. The largest absolute Gasteiger partial charge is 0.481 e. The van der Waals surface area contributed by atoms with Crippen LogP contribution in [0.25, 0.3) is 0 Å². The molecule has 2 atom stereocenters. The van der Waals surface area contributed by atoms with E-state index >= 15 is 0 Å². The van der Waals surface area contributed by atoms with Gasteiger partial charge in [0, 0.05) is 0 Å². The molecule has 0 heterocycles. The highest BCUT2D eigenvalue weighted by Crippen LogP contribution is 2.09. The van der Waals surface area contributed by atoms with E-state index in [0.29, 0.717) is 6.42 Å². The lowest BCUT2D eigenvalue weighted by molar-refractivity contribution is -0.139. The fourth-order valence-electron chi connectivity index (χ4n) is 2.25. The number of carboxylic acids is 2. The van der Waals surface area contributed by atoms with Gasteiger partial charge in [0.05, 0.1) is 18.4 Å². The second kappa shape index (κ2) is 14.8. The van der Waals surface area contributed by atoms with E-state index in [9.17, 15) is 14.4 Å². The summed E-state index contributed by atoms with van der Waals surface area (Å²) in [4.78, 5) is 32.6. The molecular weight excluding hydrogens is 398 g/mol. The molecule has 0 aliphatic rings. The van der Waals surface area contributed by atoms with Gasteiger partial charge in [0.25, 0.3) is 0 Å². The van der Waals surface area contributed by atoms with Crippen LogP contribution in [0.2, 0.25) is 0 Å². The molecule has 0 spiro atoms. The molecule has 1 aromatic carbocycles. The number of hydrogen-bond donors (Lipinski definition) is 3. The number of carbonyl (C=O) groups excluding carboxylic acids is 1. The van der Waals surface area contributed by atoms with Crippen LogP contribution >= 0.6 is 0 Å². The van der Waals surface area contributed by atoms with E-state index < -0.39 is 23.6 Å². The van der Waals surface area contributed by atoms with Crippen LogP contribution in [0.5, 0.6) is 0 Å². The van der Waals surface area contributed by atoms with Crippen molar-refractivity contribution in [3.8, 4) is 0 Å². The number of hydrogen-bond acceptors (Lipinski definition) is 4. The number of benzene rings is 1. The number of allylic oxidation sites excluding steroid dienone is 1. The molecule has 3 N–H and O–H groups in total. The molecule has 31 heavy (non-hydrogen) atoms. The van der Waals surface area contributed by atoms with E-state index in [0.717, 1.165) is 12.0 Å². The molecule has 1 aromatic rings. The van der Waals surface area contributed by atoms with Gasteiger partial charge in [-0.1, -0.05) is 61.6 Å². The number of ether oxygens (including phenoxy) is 1. The first-order valence-corrected chi connectivity index (χ1v) is 10.3. The molecule has 0 saturated heterocycles. The fraction of sp³-hybridized carbons (Fsp3) is 0.458. The minimum Gasteiger partial charge on any atom is -0.481 e. The number of rotatable bonds is 9. The summed E-state index contributed by atoms with van der Waals surface area (Å²) in [6, 6.07) is 9.34. The summed E-state index contributed by atoms with van der Waals surface area (Å²) in [5.41, 5.74) is 0.468. The average Bonchev–Trinajstić information content (AvgIpc) is 2.65. The summed E-state index contributed by atoms with van der Waals surface area (Å²) in [5, 5.41) is 19.8. The Kier molecular flexibility index (Phi) is 13.3. The Morgan fingerprint density at radius 2 is 1.68 bits per heavy atom. The van der Waals surface area contributed by atoms with E-state index in [1.54, 1.807) is 39.8 Å². The van der Waals surface area contributed by atoms with Crippen LogP contribution < -0.4 is 5.32 Å². The van der Waals surface area contributed by atoms with Crippen LogP contribution in [0.3, 0.4) is 0 Å². The van der Waals surface area contributed by atoms with Gasteiger partial charge in [0.1, 0.15) is 5.60 Å². The molecule has 0 saturated carbocycles. The van der Waals surface area contributed by atoms with Crippen molar-refractivity contribution in [3.05, 3.63) is 60.2 Å². The van der Waals surface area contributed by atoms with Crippen molar-refractivity contribution in [3.63, 3.8) is 0 Å². The maximum absolute atomic E-state index is 11.9. The minimum atomic E-state index is -0.910. The van der Waals surface area contributed by atoms with Crippen LogP contribution in [-0.4, -0.2) is 39.9 Å². The molecule has 0 fully saturated rings. The van der Waals surface area contributed by atoms with Gasteiger partial charge in [-0.2, -0.15) is 0 Å². The van der Waals surface area contributed by atoms with Crippen molar-refractivity contribution in [1.29, 1.82) is 0 Å². The molecule has 7 heteroatoms. The number of nitrogens with one attached hydrogen (secondary N) is 1. The third-order valence-corrected chi connectivity index (χ3v) is 3.71. The van der Waals surface area contributed by atoms with Crippen LogP contribution in [0.1, 0.15) is 53.0 Å². The highest BCUT2D eigenvalue weighted by molar-refractivity contribution is 5.71. The number of amides is 1. The molecule has 7 nitrogen and oxygen atoms in total. The van der Waals surface area contributed by atoms with Crippen molar-refractivity contribution < 1.29 is 29.3 Å². The normalized spacial score (nSPS) is 13.2. The number of carboxylic acid groups (broad SMARTS) is 2. The molecule has 0 aliphatic carbocycles. The predicted octanol–water partition coefficient (Wildman–Crippen LogP) is 4.83. The highest BCUT2D eigenvalue weighted by atomic mass is 16.6. The molecule has 1 amide bonds. The summed E-state index contributed by atoms with van der Waals surface area (Å²) in [7, 11) is 0. The van der Waals surface area contributed by atoms with Crippen molar-refractivity contribution in [1.82, 2.24) is 5.32 Å². The zero-order valence-corrected chi connectivity index (χ0v) is 19.0. The monoisotopic (exact) mass is 433 g/mol. The quantitative estimate of drug-likeness (QED) is 0.481. The zero-order valence-electron chi connectivity index (χ0n) is 19.0. The Labute approximate surface area is 184 Å². The molecular formula is C24H35NO6. The number of carbonyl (C=O) groups is 3. The van der Waals surface area contributed by atoms with E-state index in [-0.39, 0.29) is 18.4 Å². The van der Waals surface area contributed by atoms with Crippen molar-refractivity contribution in [2.75, 3.05) is 0 Å². The minimum absolute atomic E-state index is 0.0821. The summed E-state index contributed by atoms with van der Waals surface area (Å²) >= 11 is 0. The first-order valence-electron chi connectivity index (χ1n) is 10.3. The van der Waals surface area contributed by atoms with Crippen LogP contribution in [-0.2, 0) is 20.7 Å². The van der Waals surface area contributed by atoms with Crippen molar-refractivity contribution >= 4 is 18.0 Å².